The Morgan fingerprint density at radius 3 is 2.94 bits per heavy atom. The quantitative estimate of drug-likeness (QED) is 0.570. The first-order chi connectivity index (χ1) is 16.6. The van der Waals surface area contributed by atoms with Crippen molar-refractivity contribution in [2.45, 2.75) is 58.8 Å². The number of carbonyl (C=O) groups is 1. The van der Waals surface area contributed by atoms with Crippen LogP contribution in [0.3, 0.4) is 0 Å². The second kappa shape index (κ2) is 10.6. The maximum atomic E-state index is 12.0. The average Bonchev–Trinajstić information content (AvgIpc) is 3.45. The number of aliphatic imine (C=N–C) groups is 1. The van der Waals surface area contributed by atoms with Crippen LogP contribution in [-0.4, -0.2) is 76.4 Å². The number of amides is 1. The first-order valence-corrected chi connectivity index (χ1v) is 13.1. The van der Waals surface area contributed by atoms with Crippen LogP contribution in [0.15, 0.2) is 47.6 Å². The first kappa shape index (κ1) is 25.5. The van der Waals surface area contributed by atoms with Crippen LogP contribution in [0.5, 0.6) is 0 Å². The molecule has 2 N–H and O–H groups in total. The molecule has 3 unspecified atom stereocenters. The Morgan fingerprint density at radius 1 is 1.43 bits per heavy atom. The monoisotopic (exact) mass is 495 g/mol. The van der Waals surface area contributed by atoms with Gasteiger partial charge in [0.25, 0.3) is 0 Å². The minimum absolute atomic E-state index is 0.000974. The van der Waals surface area contributed by atoms with Gasteiger partial charge in [-0.3, -0.25) is 10.1 Å². The molecule has 2 aliphatic heterocycles. The zero-order valence-corrected chi connectivity index (χ0v) is 22.2. The average molecular weight is 496 g/mol. The van der Waals surface area contributed by atoms with Gasteiger partial charge in [-0.15, -0.1) is 0 Å². The van der Waals surface area contributed by atoms with Gasteiger partial charge >= 0.3 is 0 Å². The molecule has 0 saturated carbocycles. The molecule has 35 heavy (non-hydrogen) atoms. The Bertz CT molecular complexity index is 1100. The van der Waals surface area contributed by atoms with Crippen LogP contribution >= 0.6 is 11.3 Å². The Labute approximate surface area is 212 Å². The van der Waals surface area contributed by atoms with Crippen LogP contribution in [0.4, 0.5) is 5.13 Å². The third-order valence-corrected chi connectivity index (χ3v) is 7.89. The lowest BCUT2D eigenvalue weighted by Crippen LogP contribution is -2.53. The molecule has 0 spiro atoms. The van der Waals surface area contributed by atoms with Gasteiger partial charge in [0, 0.05) is 51.4 Å². The minimum atomic E-state index is -0.000974. The summed E-state index contributed by atoms with van der Waals surface area (Å²) in [5.41, 5.74) is 2.35. The van der Waals surface area contributed by atoms with E-state index in [2.05, 4.69) is 72.9 Å². The summed E-state index contributed by atoms with van der Waals surface area (Å²) in [7, 11) is 2.07. The van der Waals surface area contributed by atoms with E-state index in [-0.39, 0.29) is 23.5 Å². The number of carbonyl (C=O) groups excluding carboxylic acids is 1. The van der Waals surface area contributed by atoms with Gasteiger partial charge in [-0.25, -0.2) is 15.0 Å². The summed E-state index contributed by atoms with van der Waals surface area (Å²) < 4.78 is 0. The smallest absolute Gasteiger partial charge is 0.246 e. The normalized spacial score (nSPS) is 23.1. The number of rotatable bonds is 7. The minimum Gasteiger partial charge on any atom is -0.344 e. The van der Waals surface area contributed by atoms with Crippen LogP contribution < -0.4 is 10.6 Å². The van der Waals surface area contributed by atoms with E-state index in [1.54, 1.807) is 6.20 Å². The van der Waals surface area contributed by atoms with E-state index in [9.17, 15) is 4.79 Å². The maximum absolute atomic E-state index is 12.0. The van der Waals surface area contributed by atoms with Crippen LogP contribution in [0.1, 0.15) is 40.5 Å². The van der Waals surface area contributed by atoms with Gasteiger partial charge in [0.2, 0.25) is 11.0 Å². The molecule has 9 heteroatoms. The summed E-state index contributed by atoms with van der Waals surface area (Å²) in [5, 5.41) is 8.19. The van der Waals surface area contributed by atoms with E-state index in [1.165, 1.54) is 23.0 Å². The van der Waals surface area contributed by atoms with Crippen molar-refractivity contribution in [2.75, 3.05) is 26.7 Å². The van der Waals surface area contributed by atoms with E-state index in [0.717, 1.165) is 42.1 Å². The molecule has 188 valence electrons. The zero-order chi connectivity index (χ0) is 25.2. The van der Waals surface area contributed by atoms with Crippen molar-refractivity contribution in [3.63, 3.8) is 0 Å². The third kappa shape index (κ3) is 6.15. The Hall–Kier alpha value is -2.62. The number of nitrogens with one attached hydrogen (secondary N) is 2. The van der Waals surface area contributed by atoms with Gasteiger partial charge in [-0.05, 0) is 48.6 Å². The van der Waals surface area contributed by atoms with Gasteiger partial charge in [-0.1, -0.05) is 38.7 Å². The molecule has 2 aliphatic rings. The number of pyridine rings is 1. The summed E-state index contributed by atoms with van der Waals surface area (Å²) in [4.78, 5) is 31.0. The number of hydrogen-bond donors (Lipinski definition) is 2. The van der Waals surface area contributed by atoms with E-state index in [4.69, 9.17) is 4.99 Å². The molecule has 3 atom stereocenters. The standard InChI is InChI=1S/C26H37N7OS/c1-7-23(34)33-12-10-19(16-33)29-21-13-18(15-28-17(2)26(3,4)5)14-22(32(21)6)31-25-30-20-9-8-11-27-24(20)35-25/h7-9,11,14,17,19,21,28-29H,1,10,12-13,15-16H2,2-6H3. The number of thiazole rings is 1. The molecule has 1 amide bonds. The summed E-state index contributed by atoms with van der Waals surface area (Å²) in [6.07, 6.45) is 7.26. The Morgan fingerprint density at radius 2 is 2.23 bits per heavy atom. The molecule has 4 rings (SSSR count). The van der Waals surface area contributed by atoms with Crippen LogP contribution in [0.25, 0.3) is 10.3 Å². The van der Waals surface area contributed by atoms with Crippen molar-refractivity contribution in [3.05, 3.63) is 42.6 Å². The molecule has 4 heterocycles. The SMILES string of the molecule is C=CC(=O)N1CCC(NC2CC(CNC(C)C(C)(C)C)=CC(=Nc3nc4cccnc4s3)N2C)C1. The third-order valence-electron chi connectivity index (χ3n) is 7.02. The van der Waals surface area contributed by atoms with Gasteiger partial charge in [-0.2, -0.15) is 0 Å². The highest BCUT2D eigenvalue weighted by Crippen LogP contribution is 2.28. The number of hydrogen-bond acceptors (Lipinski definition) is 7. The van der Waals surface area contributed by atoms with Crippen molar-refractivity contribution >= 4 is 38.6 Å². The molecule has 1 fully saturated rings. The van der Waals surface area contributed by atoms with E-state index >= 15 is 0 Å². The van der Waals surface area contributed by atoms with Crippen LogP contribution in [0.2, 0.25) is 0 Å². The fraction of sp³-hybridized carbons (Fsp3) is 0.538. The molecule has 2 aromatic heterocycles. The fourth-order valence-electron chi connectivity index (χ4n) is 4.29. The Balaban J connectivity index is 1.55. The van der Waals surface area contributed by atoms with Crippen LogP contribution in [-0.2, 0) is 4.79 Å². The molecular weight excluding hydrogens is 458 g/mol. The highest BCUT2D eigenvalue weighted by atomic mass is 32.1. The highest BCUT2D eigenvalue weighted by Gasteiger charge is 2.31. The number of fused-ring (bicyclic) bond motifs is 1. The lowest BCUT2D eigenvalue weighted by Gasteiger charge is -2.37. The lowest BCUT2D eigenvalue weighted by atomic mass is 9.88. The van der Waals surface area contributed by atoms with E-state index in [0.29, 0.717) is 17.7 Å². The predicted molar refractivity (Wildman–Crippen MR) is 144 cm³/mol. The maximum Gasteiger partial charge on any atom is 0.246 e. The highest BCUT2D eigenvalue weighted by molar-refractivity contribution is 7.21. The number of likely N-dealkylation sites (N-methyl/N-ethyl adjacent to an activating group) is 1. The van der Waals surface area contributed by atoms with Gasteiger partial charge in [0.1, 0.15) is 16.2 Å². The molecule has 8 nitrogen and oxygen atoms in total. The molecule has 0 radical (unpaired) electrons. The van der Waals surface area contributed by atoms with Crippen molar-refractivity contribution in [1.82, 2.24) is 30.4 Å². The summed E-state index contributed by atoms with van der Waals surface area (Å²) in [5.74, 6) is 0.879. The number of likely N-dealkylation sites (tertiary alicyclic amines) is 1. The lowest BCUT2D eigenvalue weighted by molar-refractivity contribution is -0.125. The first-order valence-electron chi connectivity index (χ1n) is 12.3. The Kier molecular flexibility index (Phi) is 7.68. The number of amidine groups is 1. The van der Waals surface area contributed by atoms with Crippen molar-refractivity contribution in [3.8, 4) is 0 Å². The summed E-state index contributed by atoms with van der Waals surface area (Å²) in [6.45, 7) is 14.9. The number of aromatic nitrogens is 2. The van der Waals surface area contributed by atoms with Crippen molar-refractivity contribution in [1.29, 1.82) is 0 Å². The van der Waals surface area contributed by atoms with Gasteiger partial charge in [0.15, 0.2) is 0 Å². The van der Waals surface area contributed by atoms with Crippen LogP contribution in [0, 0.1) is 5.41 Å². The van der Waals surface area contributed by atoms with Gasteiger partial charge < -0.3 is 15.1 Å². The van der Waals surface area contributed by atoms with E-state index < -0.39 is 0 Å². The fourth-order valence-corrected chi connectivity index (χ4v) is 5.07. The second-order valence-electron chi connectivity index (χ2n) is 10.5. The number of nitrogens with zero attached hydrogens (tertiary/aromatic N) is 5. The molecule has 0 bridgehead atoms. The summed E-state index contributed by atoms with van der Waals surface area (Å²) >= 11 is 1.50. The van der Waals surface area contributed by atoms with E-state index in [1.807, 2.05) is 17.0 Å². The molecular formula is C26H37N7OS. The topological polar surface area (TPSA) is 85.8 Å². The molecule has 1 saturated heterocycles. The van der Waals surface area contributed by atoms with Gasteiger partial charge in [0.05, 0.1) is 6.17 Å². The molecule has 0 aliphatic carbocycles. The van der Waals surface area contributed by atoms with Crippen molar-refractivity contribution < 1.29 is 4.79 Å². The second-order valence-corrected chi connectivity index (χ2v) is 11.5. The summed E-state index contributed by atoms with van der Waals surface area (Å²) in [6, 6.07) is 4.47. The van der Waals surface area contributed by atoms with Crippen molar-refractivity contribution in [2.24, 2.45) is 10.4 Å². The molecule has 2 aromatic rings. The largest absolute Gasteiger partial charge is 0.344 e. The molecule has 0 aromatic carbocycles. The predicted octanol–water partition coefficient (Wildman–Crippen LogP) is 3.71. The zero-order valence-electron chi connectivity index (χ0n) is 21.4.